The predicted molar refractivity (Wildman–Crippen MR) is 48.1 cm³/mol. The highest BCUT2D eigenvalue weighted by Crippen LogP contribution is 2.20. The lowest BCUT2D eigenvalue weighted by Gasteiger charge is -2.18. The number of likely N-dealkylation sites (N-methyl/N-ethyl adjacent to an activating group) is 1. The maximum Gasteiger partial charge on any atom is 0.0854 e. The molecule has 0 bridgehead atoms. The van der Waals surface area contributed by atoms with E-state index in [4.69, 9.17) is 0 Å². The zero-order chi connectivity index (χ0) is 8.39. The zero-order valence-electron chi connectivity index (χ0n) is 7.01. The van der Waals surface area contributed by atoms with Crippen LogP contribution in [-0.4, -0.2) is 29.8 Å². The molecule has 1 atom stereocenters. The van der Waals surface area contributed by atoms with Crippen molar-refractivity contribution in [3.05, 3.63) is 30.1 Å². The van der Waals surface area contributed by atoms with Gasteiger partial charge in [-0.3, -0.25) is 9.98 Å². The van der Waals surface area contributed by atoms with Gasteiger partial charge >= 0.3 is 0 Å². The van der Waals surface area contributed by atoms with Gasteiger partial charge in [-0.15, -0.1) is 0 Å². The molecule has 1 aromatic heterocycles. The second kappa shape index (κ2) is 2.93. The minimum absolute atomic E-state index is 0.388. The summed E-state index contributed by atoms with van der Waals surface area (Å²) in [6.07, 6.45) is 5.56. The van der Waals surface area contributed by atoms with Crippen LogP contribution < -0.4 is 0 Å². The van der Waals surface area contributed by atoms with E-state index >= 15 is 0 Å². The first kappa shape index (κ1) is 7.28. The second-order valence-corrected chi connectivity index (χ2v) is 2.95. The number of aromatic nitrogens is 1. The molecule has 0 fully saturated rings. The summed E-state index contributed by atoms with van der Waals surface area (Å²) < 4.78 is 0. The molecule has 1 aromatic rings. The lowest BCUT2D eigenvalue weighted by molar-refractivity contribution is 0.425. The van der Waals surface area contributed by atoms with Gasteiger partial charge in [0, 0.05) is 19.4 Å². The summed E-state index contributed by atoms with van der Waals surface area (Å²) in [4.78, 5) is 10.4. The van der Waals surface area contributed by atoms with Gasteiger partial charge in [0.2, 0.25) is 0 Å². The highest BCUT2D eigenvalue weighted by molar-refractivity contribution is 5.58. The molecular formula is C9H11N3. The number of hydrogen-bond acceptors (Lipinski definition) is 3. The SMILES string of the molecule is CN1C=NCC1c1cccnc1. The molecule has 0 aliphatic carbocycles. The minimum Gasteiger partial charge on any atom is -0.357 e. The Kier molecular flexibility index (Phi) is 1.78. The van der Waals surface area contributed by atoms with Crippen LogP contribution in [0.5, 0.6) is 0 Å². The Bertz CT molecular complexity index is 281. The maximum atomic E-state index is 4.20. The molecule has 2 rings (SSSR count). The molecule has 0 saturated heterocycles. The van der Waals surface area contributed by atoms with Crippen molar-refractivity contribution in [1.82, 2.24) is 9.88 Å². The molecule has 0 spiro atoms. The van der Waals surface area contributed by atoms with E-state index in [1.54, 1.807) is 6.20 Å². The monoisotopic (exact) mass is 161 g/mol. The van der Waals surface area contributed by atoms with E-state index in [1.165, 1.54) is 5.56 Å². The highest BCUT2D eigenvalue weighted by Gasteiger charge is 2.18. The van der Waals surface area contributed by atoms with Crippen molar-refractivity contribution in [1.29, 1.82) is 0 Å². The van der Waals surface area contributed by atoms with Gasteiger partial charge in [-0.2, -0.15) is 0 Å². The quantitative estimate of drug-likeness (QED) is 0.617. The summed E-state index contributed by atoms with van der Waals surface area (Å²) in [6, 6.07) is 4.43. The molecule has 0 amide bonds. The van der Waals surface area contributed by atoms with Crippen LogP contribution in [0.4, 0.5) is 0 Å². The van der Waals surface area contributed by atoms with Crippen molar-refractivity contribution in [3.8, 4) is 0 Å². The molecule has 2 heterocycles. The minimum atomic E-state index is 0.388. The zero-order valence-corrected chi connectivity index (χ0v) is 7.01. The van der Waals surface area contributed by atoms with E-state index in [1.807, 2.05) is 25.6 Å². The summed E-state index contributed by atoms with van der Waals surface area (Å²) in [5.41, 5.74) is 1.23. The summed E-state index contributed by atoms with van der Waals surface area (Å²) in [5.74, 6) is 0. The Hall–Kier alpha value is -1.38. The number of aliphatic imine (C=N–C) groups is 1. The van der Waals surface area contributed by atoms with Gasteiger partial charge in [-0.25, -0.2) is 0 Å². The smallest absolute Gasteiger partial charge is 0.0854 e. The van der Waals surface area contributed by atoms with Crippen molar-refractivity contribution in [2.45, 2.75) is 6.04 Å². The summed E-state index contributed by atoms with van der Waals surface area (Å²) >= 11 is 0. The van der Waals surface area contributed by atoms with E-state index in [0.717, 1.165) is 6.54 Å². The van der Waals surface area contributed by atoms with Gasteiger partial charge in [0.15, 0.2) is 0 Å². The normalized spacial score (nSPS) is 21.8. The lowest BCUT2D eigenvalue weighted by Crippen LogP contribution is -2.19. The number of rotatable bonds is 1. The summed E-state index contributed by atoms with van der Waals surface area (Å²) in [6.45, 7) is 0.849. The molecule has 3 nitrogen and oxygen atoms in total. The van der Waals surface area contributed by atoms with E-state index < -0.39 is 0 Å². The van der Waals surface area contributed by atoms with Crippen LogP contribution in [0.3, 0.4) is 0 Å². The van der Waals surface area contributed by atoms with E-state index in [-0.39, 0.29) is 0 Å². The Morgan fingerprint density at radius 1 is 1.58 bits per heavy atom. The van der Waals surface area contributed by atoms with Crippen LogP contribution in [0, 0.1) is 0 Å². The highest BCUT2D eigenvalue weighted by atomic mass is 15.2. The Balaban J connectivity index is 2.22. The van der Waals surface area contributed by atoms with Crippen LogP contribution in [0.15, 0.2) is 29.5 Å². The molecule has 0 saturated carbocycles. The molecule has 1 aliphatic rings. The van der Waals surface area contributed by atoms with Crippen molar-refractivity contribution >= 4 is 6.34 Å². The molecule has 62 valence electrons. The van der Waals surface area contributed by atoms with Crippen LogP contribution in [0.1, 0.15) is 11.6 Å². The van der Waals surface area contributed by atoms with E-state index in [9.17, 15) is 0 Å². The molecule has 3 heteroatoms. The third kappa shape index (κ3) is 1.18. The first-order valence-corrected chi connectivity index (χ1v) is 4.00. The lowest BCUT2D eigenvalue weighted by atomic mass is 10.1. The van der Waals surface area contributed by atoms with E-state index in [2.05, 4.69) is 20.9 Å². The van der Waals surface area contributed by atoms with Gasteiger partial charge in [-0.05, 0) is 11.6 Å². The first-order chi connectivity index (χ1) is 5.88. The van der Waals surface area contributed by atoms with Gasteiger partial charge < -0.3 is 4.90 Å². The third-order valence-corrected chi connectivity index (χ3v) is 2.10. The predicted octanol–water partition coefficient (Wildman–Crippen LogP) is 1.10. The van der Waals surface area contributed by atoms with Crippen molar-refractivity contribution < 1.29 is 0 Å². The molecule has 12 heavy (non-hydrogen) atoms. The van der Waals surface area contributed by atoms with Crippen LogP contribution in [-0.2, 0) is 0 Å². The summed E-state index contributed by atoms with van der Waals surface area (Å²) in [7, 11) is 2.04. The van der Waals surface area contributed by atoms with Crippen molar-refractivity contribution in [3.63, 3.8) is 0 Å². The molecule has 0 radical (unpaired) electrons. The van der Waals surface area contributed by atoms with Crippen LogP contribution in [0.25, 0.3) is 0 Å². The maximum absolute atomic E-state index is 4.20. The standard InChI is InChI=1S/C9H11N3/c1-12-7-11-6-9(12)8-3-2-4-10-5-8/h2-5,7,9H,6H2,1H3. The van der Waals surface area contributed by atoms with Gasteiger partial charge in [0.05, 0.1) is 18.9 Å². The van der Waals surface area contributed by atoms with Gasteiger partial charge in [0.1, 0.15) is 0 Å². The van der Waals surface area contributed by atoms with E-state index in [0.29, 0.717) is 6.04 Å². The fraction of sp³-hybridized carbons (Fsp3) is 0.333. The Morgan fingerprint density at radius 3 is 3.08 bits per heavy atom. The first-order valence-electron chi connectivity index (χ1n) is 4.00. The van der Waals surface area contributed by atoms with Crippen LogP contribution >= 0.6 is 0 Å². The Morgan fingerprint density at radius 2 is 2.50 bits per heavy atom. The molecule has 1 aliphatic heterocycles. The van der Waals surface area contributed by atoms with Gasteiger partial charge in [-0.1, -0.05) is 6.07 Å². The fourth-order valence-electron chi connectivity index (χ4n) is 1.40. The number of hydrogen-bond donors (Lipinski definition) is 0. The number of pyridine rings is 1. The topological polar surface area (TPSA) is 28.5 Å². The van der Waals surface area contributed by atoms with Crippen LogP contribution in [0.2, 0.25) is 0 Å². The van der Waals surface area contributed by atoms with Gasteiger partial charge in [0.25, 0.3) is 0 Å². The second-order valence-electron chi connectivity index (χ2n) is 2.95. The Labute approximate surface area is 71.8 Å². The third-order valence-electron chi connectivity index (χ3n) is 2.10. The summed E-state index contributed by atoms with van der Waals surface area (Å²) in [5, 5.41) is 0. The molecule has 0 aromatic carbocycles. The van der Waals surface area contributed by atoms with Crippen molar-refractivity contribution in [2.75, 3.05) is 13.6 Å². The molecule has 1 unspecified atom stereocenters. The average Bonchev–Trinajstić information content (AvgIpc) is 2.53. The van der Waals surface area contributed by atoms with Crippen molar-refractivity contribution in [2.24, 2.45) is 4.99 Å². The average molecular weight is 161 g/mol. The largest absolute Gasteiger partial charge is 0.357 e. The fourth-order valence-corrected chi connectivity index (χ4v) is 1.40. The number of nitrogens with zero attached hydrogens (tertiary/aromatic N) is 3. The molecular weight excluding hydrogens is 150 g/mol. The molecule has 0 N–H and O–H groups in total.